The molecule has 3 rings (SSSR count). The van der Waals surface area contributed by atoms with E-state index in [4.69, 9.17) is 55.3 Å². The summed E-state index contributed by atoms with van der Waals surface area (Å²) in [6.45, 7) is 0. The second-order valence-corrected chi connectivity index (χ2v) is 8.10. The topological polar surface area (TPSA) is 276 Å². The molecule has 14 nitrogen and oxygen atoms in total. The average molecular weight is 497 g/mol. The average Bonchev–Trinajstić information content (AvgIpc) is 2.76. The zero-order valence-electron chi connectivity index (χ0n) is 19.7. The molecule has 36 heavy (non-hydrogen) atoms. The number of aliphatic imine (C=N–C) groups is 4. The van der Waals surface area contributed by atoms with E-state index in [9.17, 15) is 0 Å². The Bertz CT molecular complexity index is 1100. The first-order chi connectivity index (χ1) is 17.1. The van der Waals surface area contributed by atoms with Crippen molar-refractivity contribution in [1.29, 1.82) is 0 Å². The van der Waals surface area contributed by atoms with Crippen LogP contribution in [0.5, 0.6) is 11.5 Å². The quantitative estimate of drug-likeness (QED) is 0.180. The maximum absolute atomic E-state index is 6.25. The number of nitrogens with zero attached hydrogens (tertiary/aromatic N) is 4. The van der Waals surface area contributed by atoms with Crippen LogP contribution < -0.4 is 55.3 Å². The molecule has 0 saturated heterocycles. The molecule has 16 N–H and O–H groups in total. The summed E-state index contributed by atoms with van der Waals surface area (Å²) >= 11 is 0. The van der Waals surface area contributed by atoms with E-state index in [-0.39, 0.29) is 36.0 Å². The molecule has 0 heterocycles. The van der Waals surface area contributed by atoms with Crippen molar-refractivity contribution in [3.8, 4) is 11.5 Å². The highest BCUT2D eigenvalue weighted by atomic mass is 16.5. The Morgan fingerprint density at radius 3 is 1.33 bits per heavy atom. The van der Waals surface area contributed by atoms with Gasteiger partial charge >= 0.3 is 0 Å². The summed E-state index contributed by atoms with van der Waals surface area (Å²) in [6, 6.07) is 10.1. The monoisotopic (exact) mass is 496 g/mol. The van der Waals surface area contributed by atoms with E-state index in [2.05, 4.69) is 20.0 Å². The lowest BCUT2D eigenvalue weighted by atomic mass is 9.94. The van der Waals surface area contributed by atoms with Crippen LogP contribution in [0.3, 0.4) is 0 Å². The van der Waals surface area contributed by atoms with E-state index in [1.165, 1.54) is 0 Å². The molecular weight excluding hydrogens is 464 g/mol. The molecule has 14 heteroatoms. The molecule has 2 unspecified atom stereocenters. The van der Waals surface area contributed by atoms with Crippen molar-refractivity contribution >= 4 is 46.6 Å². The second kappa shape index (κ2) is 11.5. The molecular formula is C22H32N12O2. The van der Waals surface area contributed by atoms with Crippen molar-refractivity contribution in [2.75, 3.05) is 0 Å². The second-order valence-electron chi connectivity index (χ2n) is 8.10. The highest BCUT2D eigenvalue weighted by Crippen LogP contribution is 2.37. The number of hydrogen-bond donors (Lipinski definition) is 8. The molecule has 0 aliphatic heterocycles. The van der Waals surface area contributed by atoms with E-state index in [0.29, 0.717) is 40.7 Å². The third-order valence-corrected chi connectivity index (χ3v) is 5.07. The maximum Gasteiger partial charge on any atom is 0.191 e. The van der Waals surface area contributed by atoms with Crippen LogP contribution in [0, 0.1) is 0 Å². The van der Waals surface area contributed by atoms with Crippen LogP contribution in [0.1, 0.15) is 25.7 Å². The Labute approximate surface area is 208 Å². The molecule has 2 aromatic rings. The first-order valence-corrected chi connectivity index (χ1v) is 11.1. The summed E-state index contributed by atoms with van der Waals surface area (Å²) in [6.07, 6.45) is 2.81. The minimum atomic E-state index is -0.155. The number of ether oxygens (including phenoxy) is 2. The normalized spacial score (nSPS) is 16.8. The number of hydrogen-bond acceptors (Lipinski definition) is 6. The van der Waals surface area contributed by atoms with E-state index >= 15 is 0 Å². The van der Waals surface area contributed by atoms with Crippen molar-refractivity contribution in [3.05, 3.63) is 36.4 Å². The fourth-order valence-corrected chi connectivity index (χ4v) is 3.78. The highest BCUT2D eigenvalue weighted by molar-refractivity contribution is 5.83. The van der Waals surface area contributed by atoms with Gasteiger partial charge in [0, 0.05) is 6.42 Å². The Balaban J connectivity index is 1.79. The molecule has 1 aliphatic rings. The van der Waals surface area contributed by atoms with Crippen molar-refractivity contribution < 1.29 is 9.47 Å². The minimum Gasteiger partial charge on any atom is -0.488 e. The summed E-state index contributed by atoms with van der Waals surface area (Å²) in [5.74, 6) is 0.569. The van der Waals surface area contributed by atoms with Gasteiger partial charge in [-0.05, 0) is 55.7 Å². The van der Waals surface area contributed by atoms with Crippen molar-refractivity contribution in [2.24, 2.45) is 65.8 Å². The molecule has 0 bridgehead atoms. The molecule has 0 radical (unpaired) electrons. The van der Waals surface area contributed by atoms with Crippen LogP contribution in [-0.4, -0.2) is 36.0 Å². The molecule has 2 atom stereocenters. The van der Waals surface area contributed by atoms with Crippen LogP contribution in [0.15, 0.2) is 56.4 Å². The largest absolute Gasteiger partial charge is 0.488 e. The van der Waals surface area contributed by atoms with Crippen molar-refractivity contribution in [3.63, 3.8) is 0 Å². The number of rotatable bonds is 8. The van der Waals surface area contributed by atoms with E-state index < -0.39 is 0 Å². The third kappa shape index (κ3) is 7.58. The van der Waals surface area contributed by atoms with Crippen LogP contribution in [-0.2, 0) is 0 Å². The van der Waals surface area contributed by atoms with Gasteiger partial charge in [-0.15, -0.1) is 0 Å². The number of benzene rings is 2. The van der Waals surface area contributed by atoms with E-state index in [1.807, 2.05) is 0 Å². The molecule has 1 aliphatic carbocycles. The fourth-order valence-electron chi connectivity index (χ4n) is 3.78. The molecule has 0 amide bonds. The van der Waals surface area contributed by atoms with Gasteiger partial charge in [0.15, 0.2) is 23.8 Å². The number of guanidine groups is 4. The molecule has 1 fully saturated rings. The lowest BCUT2D eigenvalue weighted by Gasteiger charge is -2.30. The van der Waals surface area contributed by atoms with E-state index in [0.717, 1.165) is 19.3 Å². The van der Waals surface area contributed by atoms with Gasteiger partial charge in [0.05, 0.1) is 11.4 Å². The van der Waals surface area contributed by atoms with Gasteiger partial charge in [-0.25, -0.2) is 20.0 Å². The molecule has 1 saturated carbocycles. The predicted octanol–water partition coefficient (Wildman–Crippen LogP) is 0.0752. The summed E-state index contributed by atoms with van der Waals surface area (Å²) in [5, 5.41) is 0. The number of nitrogens with two attached hydrogens (primary N) is 8. The van der Waals surface area contributed by atoms with Gasteiger partial charge < -0.3 is 55.3 Å². The van der Waals surface area contributed by atoms with Gasteiger partial charge in [0.2, 0.25) is 0 Å². The first-order valence-electron chi connectivity index (χ1n) is 11.1. The highest BCUT2D eigenvalue weighted by Gasteiger charge is 2.26. The van der Waals surface area contributed by atoms with Crippen LogP contribution >= 0.6 is 0 Å². The first kappa shape index (κ1) is 25.7. The third-order valence-electron chi connectivity index (χ3n) is 5.07. The Hall–Kier alpha value is -4.88. The standard InChI is InChI=1S/C22H32N12O2/c23-19(24)31-11-4-6-17(15(8-11)33-21(27)28)35-13-2-1-3-14(10-13)36-18-7-5-12(32-20(25)26)9-16(18)34-22(29)30/h4-9,13-14H,1-3,10H2,(H4,23,24,31)(H4,25,26,32)(H4,27,28,33)(H4,29,30,34). The van der Waals surface area contributed by atoms with Gasteiger partial charge in [-0.1, -0.05) is 0 Å². The zero-order chi connectivity index (χ0) is 26.2. The van der Waals surface area contributed by atoms with Crippen LogP contribution in [0.25, 0.3) is 0 Å². The summed E-state index contributed by atoms with van der Waals surface area (Å²) < 4.78 is 12.5. The van der Waals surface area contributed by atoms with Crippen LogP contribution in [0.4, 0.5) is 22.7 Å². The van der Waals surface area contributed by atoms with Crippen LogP contribution in [0.2, 0.25) is 0 Å². The Kier molecular flexibility index (Phi) is 8.22. The smallest absolute Gasteiger partial charge is 0.191 e. The fraction of sp³-hybridized carbons (Fsp3) is 0.273. The summed E-state index contributed by atoms with van der Waals surface area (Å²) in [5.41, 5.74) is 46.0. The van der Waals surface area contributed by atoms with Gasteiger partial charge in [-0.2, -0.15) is 0 Å². The maximum atomic E-state index is 6.25. The van der Waals surface area contributed by atoms with Gasteiger partial charge in [0.1, 0.15) is 35.1 Å². The zero-order valence-corrected chi connectivity index (χ0v) is 19.7. The van der Waals surface area contributed by atoms with Crippen molar-refractivity contribution in [1.82, 2.24) is 0 Å². The lowest BCUT2D eigenvalue weighted by Crippen LogP contribution is -2.32. The molecule has 2 aromatic carbocycles. The Morgan fingerprint density at radius 1 is 0.583 bits per heavy atom. The van der Waals surface area contributed by atoms with Gasteiger partial charge in [0.25, 0.3) is 0 Å². The summed E-state index contributed by atoms with van der Waals surface area (Å²) in [4.78, 5) is 16.3. The summed E-state index contributed by atoms with van der Waals surface area (Å²) in [7, 11) is 0. The predicted molar refractivity (Wildman–Crippen MR) is 142 cm³/mol. The minimum absolute atomic E-state index is 0.0852. The lowest BCUT2D eigenvalue weighted by molar-refractivity contribution is 0.0687. The van der Waals surface area contributed by atoms with E-state index in [1.54, 1.807) is 36.4 Å². The SMILES string of the molecule is NC(N)=Nc1ccc(OC2CCCC(Oc3ccc(N=C(N)N)cc3N=C(N)N)C2)c(N=C(N)N)c1. The van der Waals surface area contributed by atoms with Crippen molar-refractivity contribution in [2.45, 2.75) is 37.9 Å². The molecule has 192 valence electrons. The Morgan fingerprint density at radius 2 is 0.972 bits per heavy atom. The molecule has 0 aromatic heterocycles. The molecule has 0 spiro atoms. The van der Waals surface area contributed by atoms with Gasteiger partial charge in [-0.3, -0.25) is 0 Å².